The molecule has 1 aromatic carbocycles. The number of hydrogen-bond donors (Lipinski definition) is 0. The molecule has 1 unspecified atom stereocenters. The molecule has 0 amide bonds. The van der Waals surface area contributed by atoms with Crippen LogP contribution in [0.15, 0.2) is 30.3 Å². The normalized spacial score (nSPS) is 12.1. The molecule has 0 N–H and O–H groups in total. The quantitative estimate of drug-likeness (QED) is 0.522. The second-order valence-electron chi connectivity index (χ2n) is 5.44. The summed E-state index contributed by atoms with van der Waals surface area (Å²) in [6.45, 7) is 3.85. The SMILES string of the molecule is CCCCCCCCCC(Oc1ccccc1)C(C)=O. The number of carbonyl (C=O) groups excluding carboxylic acids is 1. The van der Waals surface area contributed by atoms with E-state index < -0.39 is 0 Å². The van der Waals surface area contributed by atoms with Gasteiger partial charge in [-0.1, -0.05) is 63.6 Å². The van der Waals surface area contributed by atoms with E-state index in [0.717, 1.165) is 18.6 Å². The van der Waals surface area contributed by atoms with E-state index in [2.05, 4.69) is 6.92 Å². The van der Waals surface area contributed by atoms with E-state index in [-0.39, 0.29) is 11.9 Å². The van der Waals surface area contributed by atoms with Gasteiger partial charge in [-0.05, 0) is 31.9 Å². The van der Waals surface area contributed by atoms with E-state index in [9.17, 15) is 4.79 Å². The molecule has 0 aliphatic heterocycles. The highest BCUT2D eigenvalue weighted by Gasteiger charge is 2.15. The Balaban J connectivity index is 2.21. The highest BCUT2D eigenvalue weighted by Crippen LogP contribution is 2.16. The van der Waals surface area contributed by atoms with Crippen molar-refractivity contribution >= 4 is 5.78 Å². The Morgan fingerprint density at radius 2 is 1.60 bits per heavy atom. The van der Waals surface area contributed by atoms with Crippen LogP contribution in [0.5, 0.6) is 5.75 Å². The molecule has 1 atom stereocenters. The monoisotopic (exact) mass is 276 g/mol. The fourth-order valence-corrected chi connectivity index (χ4v) is 2.30. The first kappa shape index (κ1) is 16.7. The molecule has 20 heavy (non-hydrogen) atoms. The number of carbonyl (C=O) groups is 1. The molecular formula is C18H28O2. The van der Waals surface area contributed by atoms with Crippen molar-refractivity contribution in [3.63, 3.8) is 0 Å². The van der Waals surface area contributed by atoms with Gasteiger partial charge in [0.05, 0.1) is 0 Å². The molecular weight excluding hydrogens is 248 g/mol. The van der Waals surface area contributed by atoms with E-state index in [1.807, 2.05) is 30.3 Å². The highest BCUT2D eigenvalue weighted by molar-refractivity contribution is 5.80. The van der Waals surface area contributed by atoms with Crippen LogP contribution in [0.1, 0.15) is 65.2 Å². The summed E-state index contributed by atoms with van der Waals surface area (Å²) in [4.78, 5) is 11.6. The summed E-state index contributed by atoms with van der Waals surface area (Å²) in [5.41, 5.74) is 0. The van der Waals surface area contributed by atoms with E-state index >= 15 is 0 Å². The molecule has 2 nitrogen and oxygen atoms in total. The molecule has 2 heteroatoms. The maximum Gasteiger partial charge on any atom is 0.170 e. The van der Waals surface area contributed by atoms with Crippen molar-refractivity contribution in [2.24, 2.45) is 0 Å². The third-order valence-corrected chi connectivity index (χ3v) is 3.54. The van der Waals surface area contributed by atoms with Crippen molar-refractivity contribution in [1.29, 1.82) is 0 Å². The zero-order valence-corrected chi connectivity index (χ0v) is 12.9. The van der Waals surface area contributed by atoms with Crippen molar-refractivity contribution in [2.75, 3.05) is 0 Å². The Morgan fingerprint density at radius 1 is 1.00 bits per heavy atom. The Labute approximate surface area is 123 Å². The number of para-hydroxylation sites is 1. The van der Waals surface area contributed by atoms with Crippen LogP contribution >= 0.6 is 0 Å². The topological polar surface area (TPSA) is 26.3 Å². The van der Waals surface area contributed by atoms with Gasteiger partial charge in [0.1, 0.15) is 5.75 Å². The van der Waals surface area contributed by atoms with E-state index in [4.69, 9.17) is 4.74 Å². The van der Waals surface area contributed by atoms with Gasteiger partial charge < -0.3 is 4.74 Å². The van der Waals surface area contributed by atoms with Crippen LogP contribution in [-0.4, -0.2) is 11.9 Å². The summed E-state index contributed by atoms with van der Waals surface area (Å²) in [6, 6.07) is 9.62. The number of Topliss-reactive ketones (excluding diaryl/α,β-unsaturated/α-hetero) is 1. The fraction of sp³-hybridized carbons (Fsp3) is 0.611. The van der Waals surface area contributed by atoms with Crippen molar-refractivity contribution in [3.8, 4) is 5.75 Å². The molecule has 0 heterocycles. The smallest absolute Gasteiger partial charge is 0.170 e. The lowest BCUT2D eigenvalue weighted by atomic mass is 10.0. The number of hydrogen-bond acceptors (Lipinski definition) is 2. The summed E-state index contributed by atoms with van der Waals surface area (Å²) >= 11 is 0. The van der Waals surface area contributed by atoms with Gasteiger partial charge in [0, 0.05) is 0 Å². The van der Waals surface area contributed by atoms with Gasteiger partial charge in [-0.3, -0.25) is 4.79 Å². The molecule has 0 aliphatic carbocycles. The van der Waals surface area contributed by atoms with Gasteiger partial charge in [-0.25, -0.2) is 0 Å². The number of rotatable bonds is 11. The van der Waals surface area contributed by atoms with Crippen molar-refractivity contribution in [3.05, 3.63) is 30.3 Å². The molecule has 0 saturated heterocycles. The van der Waals surface area contributed by atoms with E-state index in [0.29, 0.717) is 0 Å². The van der Waals surface area contributed by atoms with Crippen LogP contribution in [0.4, 0.5) is 0 Å². The first-order valence-corrected chi connectivity index (χ1v) is 7.96. The average Bonchev–Trinajstić information content (AvgIpc) is 2.46. The van der Waals surface area contributed by atoms with Crippen LogP contribution in [0.25, 0.3) is 0 Å². The lowest BCUT2D eigenvalue weighted by Gasteiger charge is -2.16. The van der Waals surface area contributed by atoms with Crippen LogP contribution in [0.3, 0.4) is 0 Å². The first-order valence-electron chi connectivity index (χ1n) is 7.96. The third kappa shape index (κ3) is 7.32. The zero-order chi connectivity index (χ0) is 14.6. The number of ether oxygens (including phenoxy) is 1. The minimum Gasteiger partial charge on any atom is -0.483 e. The Kier molecular flexibility index (Phi) is 8.77. The predicted molar refractivity (Wildman–Crippen MR) is 84.1 cm³/mol. The largest absolute Gasteiger partial charge is 0.483 e. The summed E-state index contributed by atoms with van der Waals surface area (Å²) in [5.74, 6) is 0.912. The molecule has 0 aromatic heterocycles. The molecule has 1 aromatic rings. The Bertz CT molecular complexity index is 359. The number of unbranched alkanes of at least 4 members (excludes halogenated alkanes) is 6. The molecule has 0 saturated carbocycles. The van der Waals surface area contributed by atoms with Crippen LogP contribution in [-0.2, 0) is 4.79 Å². The molecule has 0 radical (unpaired) electrons. The van der Waals surface area contributed by atoms with E-state index in [1.165, 1.54) is 38.5 Å². The average molecular weight is 276 g/mol. The van der Waals surface area contributed by atoms with Crippen molar-refractivity contribution < 1.29 is 9.53 Å². The van der Waals surface area contributed by atoms with Crippen molar-refractivity contribution in [1.82, 2.24) is 0 Å². The van der Waals surface area contributed by atoms with Crippen molar-refractivity contribution in [2.45, 2.75) is 71.3 Å². The molecule has 0 spiro atoms. The zero-order valence-electron chi connectivity index (χ0n) is 12.9. The van der Waals surface area contributed by atoms with Crippen LogP contribution in [0, 0.1) is 0 Å². The minimum atomic E-state index is -0.284. The standard InChI is InChI=1S/C18H28O2/c1-3-4-5-6-7-8-12-15-18(16(2)19)20-17-13-10-9-11-14-17/h9-11,13-14,18H,3-8,12,15H2,1-2H3. The van der Waals surface area contributed by atoms with Crippen LogP contribution < -0.4 is 4.74 Å². The summed E-state index contributed by atoms with van der Waals surface area (Å²) < 4.78 is 5.77. The lowest BCUT2D eigenvalue weighted by molar-refractivity contribution is -0.123. The third-order valence-electron chi connectivity index (χ3n) is 3.54. The molecule has 0 bridgehead atoms. The summed E-state index contributed by atoms with van der Waals surface area (Å²) in [6.07, 6.45) is 9.38. The maximum atomic E-state index is 11.6. The summed E-state index contributed by atoms with van der Waals surface area (Å²) in [7, 11) is 0. The van der Waals surface area contributed by atoms with Gasteiger partial charge >= 0.3 is 0 Å². The minimum absolute atomic E-state index is 0.125. The van der Waals surface area contributed by atoms with E-state index in [1.54, 1.807) is 6.92 Å². The van der Waals surface area contributed by atoms with Gasteiger partial charge in [0.2, 0.25) is 0 Å². The molecule has 0 aliphatic rings. The Morgan fingerprint density at radius 3 is 2.20 bits per heavy atom. The second kappa shape index (κ2) is 10.5. The molecule has 0 fully saturated rings. The molecule has 1 rings (SSSR count). The van der Waals surface area contributed by atoms with Crippen LogP contribution in [0.2, 0.25) is 0 Å². The Hall–Kier alpha value is -1.31. The van der Waals surface area contributed by atoms with Gasteiger partial charge in [-0.2, -0.15) is 0 Å². The second-order valence-corrected chi connectivity index (χ2v) is 5.44. The maximum absolute atomic E-state index is 11.6. The number of benzene rings is 1. The first-order chi connectivity index (χ1) is 9.74. The van der Waals surface area contributed by atoms with Gasteiger partial charge in [0.25, 0.3) is 0 Å². The lowest BCUT2D eigenvalue weighted by Crippen LogP contribution is -2.24. The molecule has 112 valence electrons. The van der Waals surface area contributed by atoms with Gasteiger partial charge in [-0.15, -0.1) is 0 Å². The summed E-state index contributed by atoms with van der Waals surface area (Å²) in [5, 5.41) is 0. The predicted octanol–water partition coefficient (Wildman–Crippen LogP) is 5.16. The number of ketones is 1. The fourth-order valence-electron chi connectivity index (χ4n) is 2.30. The van der Waals surface area contributed by atoms with Gasteiger partial charge in [0.15, 0.2) is 11.9 Å². The highest BCUT2D eigenvalue weighted by atomic mass is 16.5.